The van der Waals surface area contributed by atoms with E-state index >= 15 is 0 Å². The van der Waals surface area contributed by atoms with Gasteiger partial charge in [-0.05, 0) is 48.8 Å². The summed E-state index contributed by atoms with van der Waals surface area (Å²) in [5.74, 6) is -0.911. The van der Waals surface area contributed by atoms with E-state index < -0.39 is 26.1 Å². The van der Waals surface area contributed by atoms with Gasteiger partial charge in [0.2, 0.25) is 11.8 Å². The van der Waals surface area contributed by atoms with Gasteiger partial charge in [0.05, 0.1) is 18.6 Å². The minimum Gasteiger partial charge on any atom is -0.436 e. The fourth-order valence-corrected chi connectivity index (χ4v) is 4.82. The number of hydrogen-bond acceptors (Lipinski definition) is 4. The Kier molecular flexibility index (Phi) is 7.23. The van der Waals surface area contributed by atoms with Crippen molar-refractivity contribution in [3.63, 3.8) is 0 Å². The molecule has 2 heterocycles. The van der Waals surface area contributed by atoms with E-state index in [0.29, 0.717) is 13.0 Å². The number of carbonyl (C=O) groups excluding carboxylic acids is 1. The Bertz CT molecular complexity index is 993. The van der Waals surface area contributed by atoms with E-state index in [2.05, 4.69) is 38.8 Å². The molecule has 0 saturated carbocycles. The lowest BCUT2D eigenvalue weighted by Crippen LogP contribution is -2.46. The van der Waals surface area contributed by atoms with Crippen LogP contribution in [0.25, 0.3) is 0 Å². The number of carbonyl (C=O) groups is 1. The second kappa shape index (κ2) is 9.46. The molecular weight excluding hydrogens is 449 g/mol. The fourth-order valence-electron chi connectivity index (χ4n) is 3.43. The Labute approximate surface area is 194 Å². The Balaban J connectivity index is 1.64. The number of amides is 1. The fraction of sp³-hybridized carbons (Fsp3) is 0.500. The molecule has 180 valence electrons. The Morgan fingerprint density at radius 1 is 1.21 bits per heavy atom. The SMILES string of the molecule is C[C@H]1[C@@H](O[Si](C)(C)C(C)(C)C)CC(=O)N1Cc1ccc(Oc2ccc(C(F)F)cc2F)nc1. The van der Waals surface area contributed by atoms with Crippen LogP contribution in [0.5, 0.6) is 11.6 Å². The number of ether oxygens (including phenoxy) is 1. The number of nitrogens with zero attached hydrogens (tertiary/aromatic N) is 2. The number of pyridine rings is 1. The predicted molar refractivity (Wildman–Crippen MR) is 122 cm³/mol. The molecule has 1 amide bonds. The van der Waals surface area contributed by atoms with Gasteiger partial charge in [-0.25, -0.2) is 18.2 Å². The topological polar surface area (TPSA) is 51.7 Å². The Morgan fingerprint density at radius 3 is 2.45 bits per heavy atom. The molecule has 1 fully saturated rings. The quantitative estimate of drug-likeness (QED) is 0.427. The number of likely N-dealkylation sites (tertiary alicyclic amines) is 1. The third-order valence-corrected chi connectivity index (χ3v) is 11.1. The normalized spacial score (nSPS) is 19.5. The molecule has 2 atom stereocenters. The zero-order valence-electron chi connectivity index (χ0n) is 19.9. The highest BCUT2D eigenvalue weighted by Crippen LogP contribution is 2.39. The van der Waals surface area contributed by atoms with Crippen LogP contribution in [0.4, 0.5) is 13.2 Å². The molecule has 0 spiro atoms. The van der Waals surface area contributed by atoms with Crippen molar-refractivity contribution in [2.45, 2.75) is 77.4 Å². The molecule has 3 rings (SSSR count). The summed E-state index contributed by atoms with van der Waals surface area (Å²) in [5.41, 5.74) is 0.382. The number of aromatic nitrogens is 1. The van der Waals surface area contributed by atoms with Gasteiger partial charge in [0.15, 0.2) is 19.9 Å². The highest BCUT2D eigenvalue weighted by Gasteiger charge is 2.45. The average molecular weight is 481 g/mol. The van der Waals surface area contributed by atoms with Gasteiger partial charge in [-0.3, -0.25) is 4.79 Å². The highest BCUT2D eigenvalue weighted by atomic mass is 28.4. The Hall–Kier alpha value is -2.39. The molecule has 1 saturated heterocycles. The lowest BCUT2D eigenvalue weighted by atomic mass is 10.2. The predicted octanol–water partition coefficient (Wildman–Crippen LogP) is 6.46. The molecule has 9 heteroatoms. The van der Waals surface area contributed by atoms with Crippen LogP contribution in [-0.4, -0.2) is 36.3 Å². The molecule has 0 unspecified atom stereocenters. The van der Waals surface area contributed by atoms with Gasteiger partial charge in [-0.15, -0.1) is 0 Å². The molecule has 2 aromatic rings. The van der Waals surface area contributed by atoms with E-state index in [1.165, 1.54) is 0 Å². The lowest BCUT2D eigenvalue weighted by Gasteiger charge is -2.39. The molecule has 33 heavy (non-hydrogen) atoms. The average Bonchev–Trinajstić information content (AvgIpc) is 2.96. The summed E-state index contributed by atoms with van der Waals surface area (Å²) in [7, 11) is -2.00. The third kappa shape index (κ3) is 5.76. The molecule has 1 aliphatic rings. The minimum absolute atomic E-state index is 0.0349. The first-order valence-electron chi connectivity index (χ1n) is 11.0. The highest BCUT2D eigenvalue weighted by molar-refractivity contribution is 6.74. The number of benzene rings is 1. The number of alkyl halides is 2. The molecular formula is C24H31F3N2O3Si. The largest absolute Gasteiger partial charge is 0.436 e. The number of hydrogen-bond donors (Lipinski definition) is 0. The van der Waals surface area contributed by atoms with E-state index in [0.717, 1.165) is 23.8 Å². The number of halogens is 3. The van der Waals surface area contributed by atoms with E-state index in [4.69, 9.17) is 9.16 Å². The standard InChI is InChI=1S/C24H31F3N2O3Si/c1-15-20(32-33(5,6)24(2,3)4)12-22(30)29(15)14-16-7-10-21(28-13-16)31-19-9-8-17(23(26)27)11-18(19)25/h7-11,13,15,20,23H,12,14H2,1-6H3/t15-,20-/m0/s1. The van der Waals surface area contributed by atoms with Crippen LogP contribution >= 0.6 is 0 Å². The Morgan fingerprint density at radius 2 is 1.91 bits per heavy atom. The van der Waals surface area contributed by atoms with E-state index in [1.54, 1.807) is 23.2 Å². The van der Waals surface area contributed by atoms with Crippen molar-refractivity contribution in [3.05, 3.63) is 53.5 Å². The van der Waals surface area contributed by atoms with Crippen molar-refractivity contribution >= 4 is 14.2 Å². The van der Waals surface area contributed by atoms with Crippen molar-refractivity contribution in [2.24, 2.45) is 0 Å². The summed E-state index contributed by atoms with van der Waals surface area (Å²) in [4.78, 5) is 18.6. The van der Waals surface area contributed by atoms with Crippen LogP contribution in [0.15, 0.2) is 36.5 Å². The number of rotatable bonds is 7. The van der Waals surface area contributed by atoms with Crippen molar-refractivity contribution in [2.75, 3.05) is 0 Å². The van der Waals surface area contributed by atoms with Gasteiger partial charge in [0, 0.05) is 24.4 Å². The van der Waals surface area contributed by atoms with Gasteiger partial charge in [-0.1, -0.05) is 26.8 Å². The molecule has 1 aromatic carbocycles. The van der Waals surface area contributed by atoms with Crippen molar-refractivity contribution in [3.8, 4) is 11.6 Å². The molecule has 0 N–H and O–H groups in total. The van der Waals surface area contributed by atoms with Crippen LogP contribution in [0.1, 0.15) is 51.7 Å². The summed E-state index contributed by atoms with van der Waals surface area (Å²) in [6.45, 7) is 13.3. The molecule has 1 aromatic heterocycles. The summed E-state index contributed by atoms with van der Waals surface area (Å²) >= 11 is 0. The molecule has 0 radical (unpaired) electrons. The second-order valence-electron chi connectivity index (χ2n) is 9.98. The van der Waals surface area contributed by atoms with Crippen LogP contribution in [0, 0.1) is 5.82 Å². The molecule has 0 bridgehead atoms. The van der Waals surface area contributed by atoms with Crippen LogP contribution in [-0.2, 0) is 15.8 Å². The van der Waals surface area contributed by atoms with E-state index in [1.807, 2.05) is 6.92 Å². The third-order valence-electron chi connectivity index (χ3n) is 6.55. The van der Waals surface area contributed by atoms with Crippen LogP contribution < -0.4 is 4.74 Å². The van der Waals surface area contributed by atoms with Gasteiger partial charge in [0.25, 0.3) is 6.43 Å². The lowest BCUT2D eigenvalue weighted by molar-refractivity contribution is -0.129. The van der Waals surface area contributed by atoms with Crippen molar-refractivity contribution < 1.29 is 27.1 Å². The van der Waals surface area contributed by atoms with Crippen molar-refractivity contribution in [1.29, 1.82) is 0 Å². The van der Waals surface area contributed by atoms with Gasteiger partial charge < -0.3 is 14.1 Å². The van der Waals surface area contributed by atoms with Crippen molar-refractivity contribution in [1.82, 2.24) is 9.88 Å². The van der Waals surface area contributed by atoms with Crippen LogP contribution in [0.2, 0.25) is 18.1 Å². The van der Waals surface area contributed by atoms with Gasteiger partial charge in [0.1, 0.15) is 0 Å². The summed E-state index contributed by atoms with van der Waals surface area (Å²) in [5, 5.41) is 0.0577. The monoisotopic (exact) mass is 480 g/mol. The maximum atomic E-state index is 14.0. The first-order chi connectivity index (χ1) is 15.3. The van der Waals surface area contributed by atoms with Gasteiger partial charge in [-0.2, -0.15) is 0 Å². The maximum Gasteiger partial charge on any atom is 0.263 e. The smallest absolute Gasteiger partial charge is 0.263 e. The first-order valence-corrected chi connectivity index (χ1v) is 13.9. The van der Waals surface area contributed by atoms with E-state index in [9.17, 15) is 18.0 Å². The molecule has 1 aliphatic heterocycles. The molecule has 5 nitrogen and oxygen atoms in total. The second-order valence-corrected chi connectivity index (χ2v) is 14.7. The minimum atomic E-state index is -2.76. The summed E-state index contributed by atoms with van der Waals surface area (Å²) < 4.78 is 51.3. The van der Waals surface area contributed by atoms with Crippen LogP contribution in [0.3, 0.4) is 0 Å². The first kappa shape index (κ1) is 25.2. The maximum absolute atomic E-state index is 14.0. The van der Waals surface area contributed by atoms with E-state index in [-0.39, 0.29) is 34.7 Å². The molecule has 0 aliphatic carbocycles. The van der Waals surface area contributed by atoms with Gasteiger partial charge >= 0.3 is 0 Å². The zero-order chi connectivity index (χ0) is 24.6. The summed E-state index contributed by atoms with van der Waals surface area (Å²) in [6, 6.07) is 6.25. The zero-order valence-corrected chi connectivity index (χ0v) is 20.9. The summed E-state index contributed by atoms with van der Waals surface area (Å²) in [6.07, 6.45) is -0.986.